The maximum Gasteiger partial charge on any atom is 0.239 e. The van der Waals surface area contributed by atoms with Crippen LogP contribution in [0, 0.1) is 0 Å². The highest BCUT2D eigenvalue weighted by Crippen LogP contribution is 1.97. The van der Waals surface area contributed by atoms with Crippen LogP contribution in [0.3, 0.4) is 0 Å². The molecule has 0 aromatic carbocycles. The normalized spacial score (nSPS) is 10.1. The van der Waals surface area contributed by atoms with Gasteiger partial charge >= 0.3 is 0 Å². The molecule has 5 nitrogen and oxygen atoms in total. The van der Waals surface area contributed by atoms with Gasteiger partial charge in [-0.05, 0) is 12.8 Å². The second kappa shape index (κ2) is 10.4. The highest BCUT2D eigenvalue weighted by atomic mass is 35.5. The van der Waals surface area contributed by atoms with E-state index in [9.17, 15) is 9.59 Å². The van der Waals surface area contributed by atoms with E-state index >= 15 is 0 Å². The Labute approximate surface area is 107 Å². The maximum absolute atomic E-state index is 11.5. The predicted molar refractivity (Wildman–Crippen MR) is 67.1 cm³/mol. The van der Waals surface area contributed by atoms with Crippen molar-refractivity contribution in [1.82, 2.24) is 10.2 Å². The Kier molecular flexibility index (Phi) is 9.86. The molecule has 0 atom stereocenters. The van der Waals surface area contributed by atoms with Crippen molar-refractivity contribution < 1.29 is 14.3 Å². The van der Waals surface area contributed by atoms with E-state index < -0.39 is 0 Å². The van der Waals surface area contributed by atoms with Crippen LogP contribution in [-0.2, 0) is 14.3 Å². The number of hydrogen-bond donors (Lipinski definition) is 1. The molecule has 0 fully saturated rings. The molecule has 0 unspecified atom stereocenters. The van der Waals surface area contributed by atoms with Crippen LogP contribution in [0.1, 0.15) is 19.3 Å². The van der Waals surface area contributed by atoms with Crippen molar-refractivity contribution in [1.29, 1.82) is 0 Å². The van der Waals surface area contributed by atoms with E-state index in [0.29, 0.717) is 31.9 Å². The quantitative estimate of drug-likeness (QED) is 0.491. The van der Waals surface area contributed by atoms with E-state index in [1.54, 1.807) is 14.2 Å². The second-order valence-corrected chi connectivity index (χ2v) is 4.12. The molecule has 6 heteroatoms. The lowest BCUT2D eigenvalue weighted by molar-refractivity contribution is -0.134. The number of carbonyl (C=O) groups excluding carboxylic acids is 2. The average Bonchev–Trinajstić information content (AvgIpc) is 2.31. The van der Waals surface area contributed by atoms with Gasteiger partial charge in [0.2, 0.25) is 11.8 Å². The molecule has 0 radical (unpaired) electrons. The summed E-state index contributed by atoms with van der Waals surface area (Å²) in [7, 11) is 3.23. The summed E-state index contributed by atoms with van der Waals surface area (Å²) in [6.45, 7) is 1.27. The third-order valence-electron chi connectivity index (χ3n) is 2.18. The predicted octanol–water partition coefficient (Wildman–Crippen LogP) is 0.617. The van der Waals surface area contributed by atoms with Crippen molar-refractivity contribution in [2.24, 2.45) is 0 Å². The summed E-state index contributed by atoms with van der Waals surface area (Å²) in [5, 5.41) is 2.72. The lowest BCUT2D eigenvalue weighted by Crippen LogP contribution is -2.38. The molecule has 17 heavy (non-hydrogen) atoms. The number of nitrogens with zero attached hydrogens (tertiary/aromatic N) is 1. The first-order valence-corrected chi connectivity index (χ1v) is 6.20. The fourth-order valence-electron chi connectivity index (χ4n) is 1.21. The summed E-state index contributed by atoms with van der Waals surface area (Å²) in [6, 6.07) is 0. The Morgan fingerprint density at radius 2 is 2.06 bits per heavy atom. The lowest BCUT2D eigenvalue weighted by Gasteiger charge is -2.16. The molecule has 0 saturated carbocycles. The van der Waals surface area contributed by atoms with Crippen LogP contribution in [0.25, 0.3) is 0 Å². The van der Waals surface area contributed by atoms with Gasteiger partial charge in [-0.2, -0.15) is 0 Å². The SMILES string of the molecule is COCCCNC(=O)CN(C)C(=O)CCCCl. The summed E-state index contributed by atoms with van der Waals surface area (Å²) in [4.78, 5) is 24.3. The van der Waals surface area contributed by atoms with E-state index in [0.717, 1.165) is 6.42 Å². The molecule has 0 rings (SSSR count). The number of likely N-dealkylation sites (N-methyl/N-ethyl adjacent to an activating group) is 1. The average molecular weight is 265 g/mol. The summed E-state index contributed by atoms with van der Waals surface area (Å²) in [6.07, 6.45) is 1.79. The molecule has 0 aromatic rings. The third kappa shape index (κ3) is 8.94. The standard InChI is InChI=1S/C11H21ClN2O3/c1-14(11(16)5-3-6-12)9-10(15)13-7-4-8-17-2/h3-9H2,1-2H3,(H,13,15). The summed E-state index contributed by atoms with van der Waals surface area (Å²) in [5.74, 6) is 0.253. The van der Waals surface area contributed by atoms with Crippen LogP contribution >= 0.6 is 11.6 Å². The van der Waals surface area contributed by atoms with Crippen molar-refractivity contribution in [3.63, 3.8) is 0 Å². The minimum absolute atomic E-state index is 0.0577. The highest BCUT2D eigenvalue weighted by molar-refractivity contribution is 6.17. The van der Waals surface area contributed by atoms with Gasteiger partial charge in [-0.1, -0.05) is 0 Å². The highest BCUT2D eigenvalue weighted by Gasteiger charge is 2.11. The van der Waals surface area contributed by atoms with E-state index in [1.165, 1.54) is 4.90 Å². The number of ether oxygens (including phenoxy) is 1. The van der Waals surface area contributed by atoms with Crippen molar-refractivity contribution in [2.45, 2.75) is 19.3 Å². The first-order chi connectivity index (χ1) is 8.11. The number of carbonyl (C=O) groups is 2. The monoisotopic (exact) mass is 264 g/mol. The van der Waals surface area contributed by atoms with Gasteiger partial charge in [0.15, 0.2) is 0 Å². The Hall–Kier alpha value is -0.810. The molecule has 0 spiro atoms. The minimum atomic E-state index is -0.150. The van der Waals surface area contributed by atoms with Crippen molar-refractivity contribution in [2.75, 3.05) is 39.7 Å². The summed E-state index contributed by atoms with van der Waals surface area (Å²) >= 11 is 5.49. The molecule has 0 aliphatic carbocycles. The van der Waals surface area contributed by atoms with Gasteiger partial charge in [0.05, 0.1) is 6.54 Å². The van der Waals surface area contributed by atoms with Crippen molar-refractivity contribution in [3.8, 4) is 0 Å². The number of hydrogen-bond acceptors (Lipinski definition) is 3. The minimum Gasteiger partial charge on any atom is -0.385 e. The zero-order valence-electron chi connectivity index (χ0n) is 10.5. The zero-order valence-corrected chi connectivity index (χ0v) is 11.3. The largest absolute Gasteiger partial charge is 0.385 e. The molecule has 0 saturated heterocycles. The van der Waals surface area contributed by atoms with Crippen molar-refractivity contribution >= 4 is 23.4 Å². The number of amides is 2. The molecule has 2 amide bonds. The summed E-state index contributed by atoms with van der Waals surface area (Å²) < 4.78 is 4.86. The first kappa shape index (κ1) is 16.2. The fraction of sp³-hybridized carbons (Fsp3) is 0.818. The van der Waals surface area contributed by atoms with Gasteiger partial charge in [0, 0.05) is 39.6 Å². The van der Waals surface area contributed by atoms with Crippen molar-refractivity contribution in [3.05, 3.63) is 0 Å². The second-order valence-electron chi connectivity index (χ2n) is 3.74. The Morgan fingerprint density at radius 1 is 1.35 bits per heavy atom. The molecule has 100 valence electrons. The van der Waals surface area contributed by atoms with Crippen LogP contribution in [0.5, 0.6) is 0 Å². The maximum atomic E-state index is 11.5. The van der Waals surface area contributed by atoms with E-state index in [2.05, 4.69) is 5.32 Å². The van der Waals surface area contributed by atoms with Gasteiger partial charge in [-0.25, -0.2) is 0 Å². The molecular formula is C11H21ClN2O3. The topological polar surface area (TPSA) is 58.6 Å². The van der Waals surface area contributed by atoms with Crippen LogP contribution < -0.4 is 5.32 Å². The Morgan fingerprint density at radius 3 is 2.65 bits per heavy atom. The smallest absolute Gasteiger partial charge is 0.239 e. The van der Waals surface area contributed by atoms with Gasteiger partial charge in [-0.3, -0.25) is 9.59 Å². The van der Waals surface area contributed by atoms with Gasteiger partial charge < -0.3 is 15.0 Å². The number of alkyl halides is 1. The number of halogens is 1. The molecule has 0 aromatic heterocycles. The third-order valence-corrected chi connectivity index (χ3v) is 2.45. The molecular weight excluding hydrogens is 244 g/mol. The number of nitrogens with one attached hydrogen (secondary N) is 1. The summed E-state index contributed by atoms with van der Waals surface area (Å²) in [5.41, 5.74) is 0. The van der Waals surface area contributed by atoms with E-state index in [-0.39, 0.29) is 18.4 Å². The van der Waals surface area contributed by atoms with Crippen LogP contribution in [0.4, 0.5) is 0 Å². The zero-order chi connectivity index (χ0) is 13.1. The molecule has 0 heterocycles. The van der Waals surface area contributed by atoms with Gasteiger partial charge in [0.1, 0.15) is 0 Å². The molecule has 0 aliphatic heterocycles. The Balaban J connectivity index is 3.67. The lowest BCUT2D eigenvalue weighted by atomic mass is 10.3. The van der Waals surface area contributed by atoms with Crippen LogP contribution in [-0.4, -0.2) is 56.4 Å². The van der Waals surface area contributed by atoms with Crippen LogP contribution in [0.2, 0.25) is 0 Å². The number of rotatable bonds is 9. The van der Waals surface area contributed by atoms with Crippen LogP contribution in [0.15, 0.2) is 0 Å². The molecule has 1 N–H and O–H groups in total. The van der Waals surface area contributed by atoms with Gasteiger partial charge in [-0.15, -0.1) is 11.6 Å². The Bertz CT molecular complexity index is 237. The van der Waals surface area contributed by atoms with E-state index in [1.807, 2.05) is 0 Å². The first-order valence-electron chi connectivity index (χ1n) is 5.67. The molecule has 0 bridgehead atoms. The number of methoxy groups -OCH3 is 1. The van der Waals surface area contributed by atoms with Gasteiger partial charge in [0.25, 0.3) is 0 Å². The molecule has 0 aliphatic rings. The fourth-order valence-corrected chi connectivity index (χ4v) is 1.35. The van der Waals surface area contributed by atoms with E-state index in [4.69, 9.17) is 16.3 Å².